The van der Waals surface area contributed by atoms with Crippen LogP contribution < -0.4 is 5.32 Å². The maximum absolute atomic E-state index is 12.1. The molecule has 2 unspecified atom stereocenters. The number of hydrogen-bond acceptors (Lipinski definition) is 3. The summed E-state index contributed by atoms with van der Waals surface area (Å²) in [5, 5.41) is 12.5. The first kappa shape index (κ1) is 15.5. The highest BCUT2D eigenvalue weighted by atomic mass is 16.3. The largest absolute Gasteiger partial charge is 0.393 e. The summed E-state index contributed by atoms with van der Waals surface area (Å²) in [4.78, 5) is 25.4. The fourth-order valence-corrected chi connectivity index (χ4v) is 2.64. The maximum atomic E-state index is 12.1. The van der Waals surface area contributed by atoms with Crippen molar-refractivity contribution < 1.29 is 14.7 Å². The first-order valence-corrected chi connectivity index (χ1v) is 7.33. The second-order valence-corrected chi connectivity index (χ2v) is 5.59. The first-order valence-electron chi connectivity index (χ1n) is 7.33. The summed E-state index contributed by atoms with van der Waals surface area (Å²) in [5.41, 5.74) is 0.569. The Labute approximate surface area is 125 Å². The summed E-state index contributed by atoms with van der Waals surface area (Å²) < 4.78 is 0. The van der Waals surface area contributed by atoms with Crippen molar-refractivity contribution in [1.82, 2.24) is 10.2 Å². The number of aliphatic hydroxyl groups excluding tert-OH is 1. The van der Waals surface area contributed by atoms with E-state index >= 15 is 0 Å². The van der Waals surface area contributed by atoms with Crippen LogP contribution in [0.2, 0.25) is 0 Å². The van der Waals surface area contributed by atoms with E-state index in [0.717, 1.165) is 19.3 Å². The molecular weight excluding hydrogens is 268 g/mol. The molecule has 114 valence electrons. The van der Waals surface area contributed by atoms with Crippen LogP contribution in [0.15, 0.2) is 30.3 Å². The van der Waals surface area contributed by atoms with E-state index < -0.39 is 0 Å². The molecule has 0 bridgehead atoms. The number of amides is 2. The molecule has 2 atom stereocenters. The van der Waals surface area contributed by atoms with E-state index in [9.17, 15) is 14.7 Å². The number of nitrogens with zero attached hydrogens (tertiary/aromatic N) is 1. The Hall–Kier alpha value is -1.88. The molecule has 2 rings (SSSR count). The lowest BCUT2D eigenvalue weighted by molar-refractivity contribution is -0.121. The van der Waals surface area contributed by atoms with Gasteiger partial charge in [0.15, 0.2) is 0 Å². The molecule has 1 aromatic carbocycles. The molecule has 0 heterocycles. The molecule has 0 spiro atoms. The Morgan fingerprint density at radius 3 is 2.62 bits per heavy atom. The third-order valence-electron chi connectivity index (χ3n) is 3.93. The van der Waals surface area contributed by atoms with Crippen LogP contribution in [0.1, 0.15) is 29.6 Å². The fraction of sp³-hybridized carbons (Fsp3) is 0.500. The Kier molecular flexibility index (Phi) is 5.33. The second kappa shape index (κ2) is 7.22. The van der Waals surface area contributed by atoms with Gasteiger partial charge in [-0.05, 0) is 25.0 Å². The van der Waals surface area contributed by atoms with Crippen molar-refractivity contribution in [2.24, 2.45) is 5.92 Å². The van der Waals surface area contributed by atoms with Crippen LogP contribution in [0.4, 0.5) is 0 Å². The second-order valence-electron chi connectivity index (χ2n) is 5.59. The summed E-state index contributed by atoms with van der Waals surface area (Å²) >= 11 is 0. The standard InChI is InChI=1S/C16H22N2O3/c1-18(16(21)12-6-3-2-4-7-12)11-15(20)17-10-13-8-5-9-14(13)19/h2-4,6-7,13-14,19H,5,8-11H2,1H3,(H,17,20). The highest BCUT2D eigenvalue weighted by molar-refractivity contribution is 5.96. The Balaban J connectivity index is 1.78. The zero-order valence-corrected chi connectivity index (χ0v) is 12.3. The van der Waals surface area contributed by atoms with Crippen LogP contribution in [0, 0.1) is 5.92 Å². The van der Waals surface area contributed by atoms with Crippen LogP contribution in [0.3, 0.4) is 0 Å². The summed E-state index contributed by atoms with van der Waals surface area (Å²) in [6.45, 7) is 0.504. The van der Waals surface area contributed by atoms with E-state index in [1.807, 2.05) is 6.07 Å². The van der Waals surface area contributed by atoms with Gasteiger partial charge in [0.25, 0.3) is 5.91 Å². The summed E-state index contributed by atoms with van der Waals surface area (Å²) in [6, 6.07) is 8.89. The molecule has 1 aliphatic rings. The van der Waals surface area contributed by atoms with Crippen molar-refractivity contribution in [3.05, 3.63) is 35.9 Å². The Morgan fingerprint density at radius 1 is 1.29 bits per heavy atom. The van der Waals surface area contributed by atoms with Gasteiger partial charge < -0.3 is 15.3 Å². The van der Waals surface area contributed by atoms with Gasteiger partial charge in [0.2, 0.25) is 5.91 Å². The van der Waals surface area contributed by atoms with Crippen LogP contribution in [0.25, 0.3) is 0 Å². The fourth-order valence-electron chi connectivity index (χ4n) is 2.64. The number of aliphatic hydroxyl groups is 1. The minimum absolute atomic E-state index is 0.0243. The van der Waals surface area contributed by atoms with Gasteiger partial charge in [0.05, 0.1) is 12.6 Å². The minimum Gasteiger partial charge on any atom is -0.393 e. The van der Waals surface area contributed by atoms with Crippen molar-refractivity contribution in [3.63, 3.8) is 0 Å². The lowest BCUT2D eigenvalue weighted by Crippen LogP contribution is -2.40. The highest BCUT2D eigenvalue weighted by Gasteiger charge is 2.25. The minimum atomic E-state index is -0.311. The number of carbonyl (C=O) groups is 2. The van der Waals surface area contributed by atoms with Crippen molar-refractivity contribution in [2.75, 3.05) is 20.1 Å². The van der Waals surface area contributed by atoms with Crippen molar-refractivity contribution in [3.8, 4) is 0 Å². The Morgan fingerprint density at radius 2 is 2.00 bits per heavy atom. The molecule has 2 N–H and O–H groups in total. The third kappa shape index (κ3) is 4.29. The molecule has 2 amide bonds. The highest BCUT2D eigenvalue weighted by Crippen LogP contribution is 2.24. The number of rotatable bonds is 5. The predicted molar refractivity (Wildman–Crippen MR) is 79.8 cm³/mol. The van der Waals surface area contributed by atoms with E-state index in [1.54, 1.807) is 31.3 Å². The Bertz CT molecular complexity index is 490. The van der Waals surface area contributed by atoms with E-state index in [0.29, 0.717) is 12.1 Å². The lowest BCUT2D eigenvalue weighted by atomic mass is 10.1. The molecule has 1 fully saturated rings. The average Bonchev–Trinajstić information content (AvgIpc) is 2.90. The summed E-state index contributed by atoms with van der Waals surface area (Å²) in [7, 11) is 1.61. The van der Waals surface area contributed by atoms with Gasteiger partial charge in [-0.2, -0.15) is 0 Å². The van der Waals surface area contributed by atoms with E-state index in [1.165, 1.54) is 4.90 Å². The predicted octanol–water partition coefficient (Wildman–Crippen LogP) is 1.04. The van der Waals surface area contributed by atoms with Crippen LogP contribution in [-0.2, 0) is 4.79 Å². The smallest absolute Gasteiger partial charge is 0.254 e. The van der Waals surface area contributed by atoms with Gasteiger partial charge in [-0.25, -0.2) is 0 Å². The maximum Gasteiger partial charge on any atom is 0.254 e. The molecule has 1 saturated carbocycles. The molecular formula is C16H22N2O3. The zero-order valence-electron chi connectivity index (χ0n) is 12.3. The number of carbonyl (C=O) groups excluding carboxylic acids is 2. The van der Waals surface area contributed by atoms with E-state index in [4.69, 9.17) is 0 Å². The van der Waals surface area contributed by atoms with Gasteiger partial charge in [-0.15, -0.1) is 0 Å². The SMILES string of the molecule is CN(CC(=O)NCC1CCCC1O)C(=O)c1ccccc1. The first-order chi connectivity index (χ1) is 10.1. The lowest BCUT2D eigenvalue weighted by Gasteiger charge is -2.19. The normalized spacial score (nSPS) is 21.0. The number of nitrogens with one attached hydrogen (secondary N) is 1. The van der Waals surface area contributed by atoms with Crippen molar-refractivity contribution >= 4 is 11.8 Å². The third-order valence-corrected chi connectivity index (χ3v) is 3.93. The molecule has 5 heteroatoms. The number of hydrogen-bond donors (Lipinski definition) is 2. The van der Waals surface area contributed by atoms with Crippen LogP contribution in [-0.4, -0.2) is 48.1 Å². The quantitative estimate of drug-likeness (QED) is 0.851. The zero-order chi connectivity index (χ0) is 15.2. The number of likely N-dealkylation sites (N-methyl/N-ethyl adjacent to an activating group) is 1. The van der Waals surface area contributed by atoms with Crippen molar-refractivity contribution in [2.45, 2.75) is 25.4 Å². The van der Waals surface area contributed by atoms with E-state index in [2.05, 4.69) is 5.32 Å². The van der Waals surface area contributed by atoms with Gasteiger partial charge in [-0.1, -0.05) is 24.6 Å². The molecule has 21 heavy (non-hydrogen) atoms. The molecule has 1 aliphatic carbocycles. The monoisotopic (exact) mass is 290 g/mol. The number of benzene rings is 1. The summed E-state index contributed by atoms with van der Waals surface area (Å²) in [5.74, 6) is -0.225. The molecule has 0 saturated heterocycles. The topological polar surface area (TPSA) is 69.6 Å². The van der Waals surface area contributed by atoms with E-state index in [-0.39, 0.29) is 30.4 Å². The molecule has 0 radical (unpaired) electrons. The molecule has 0 aliphatic heterocycles. The van der Waals surface area contributed by atoms with Gasteiger partial charge >= 0.3 is 0 Å². The van der Waals surface area contributed by atoms with Gasteiger partial charge in [0.1, 0.15) is 0 Å². The molecule has 0 aromatic heterocycles. The van der Waals surface area contributed by atoms with Crippen LogP contribution >= 0.6 is 0 Å². The summed E-state index contributed by atoms with van der Waals surface area (Å²) in [6.07, 6.45) is 2.45. The van der Waals surface area contributed by atoms with Gasteiger partial charge in [-0.3, -0.25) is 9.59 Å². The van der Waals surface area contributed by atoms with Crippen LogP contribution in [0.5, 0.6) is 0 Å². The average molecular weight is 290 g/mol. The van der Waals surface area contributed by atoms with Gasteiger partial charge in [0, 0.05) is 25.1 Å². The molecule has 5 nitrogen and oxygen atoms in total. The molecule has 1 aromatic rings. The van der Waals surface area contributed by atoms with Crippen molar-refractivity contribution in [1.29, 1.82) is 0 Å².